The van der Waals surface area contributed by atoms with E-state index >= 15 is 0 Å². The summed E-state index contributed by atoms with van der Waals surface area (Å²) in [4.78, 5) is 10.5. The second-order valence-corrected chi connectivity index (χ2v) is 4.95. The second-order valence-electron chi connectivity index (χ2n) is 4.52. The molecule has 110 valence electrons. The van der Waals surface area contributed by atoms with Gasteiger partial charge in [0.2, 0.25) is 0 Å². The topological polar surface area (TPSA) is 64.4 Å². The summed E-state index contributed by atoms with van der Waals surface area (Å²) in [6.07, 6.45) is 0. The minimum Gasteiger partial charge on any atom is -0.496 e. The van der Waals surface area contributed by atoms with E-state index in [0.717, 1.165) is 11.3 Å². The van der Waals surface area contributed by atoms with Crippen LogP contribution in [-0.4, -0.2) is 12.0 Å². The molecule has 0 fully saturated rings. The van der Waals surface area contributed by atoms with Crippen molar-refractivity contribution in [3.05, 3.63) is 62.7 Å². The van der Waals surface area contributed by atoms with Crippen LogP contribution in [0.1, 0.15) is 11.1 Å². The van der Waals surface area contributed by atoms with Crippen molar-refractivity contribution >= 4 is 23.0 Å². The van der Waals surface area contributed by atoms with Crippen LogP contribution < -0.4 is 10.1 Å². The molecule has 1 N–H and O–H groups in total. The maximum absolute atomic E-state index is 10.9. The number of nitro groups is 1. The number of anilines is 1. The predicted molar refractivity (Wildman–Crippen MR) is 83.2 cm³/mol. The number of nitrogens with one attached hydrogen (secondary N) is 1. The van der Waals surface area contributed by atoms with Gasteiger partial charge in [-0.05, 0) is 31.2 Å². The van der Waals surface area contributed by atoms with Gasteiger partial charge < -0.3 is 10.1 Å². The smallest absolute Gasteiger partial charge is 0.274 e. The molecule has 0 aliphatic heterocycles. The van der Waals surface area contributed by atoms with Gasteiger partial charge in [-0.15, -0.1) is 0 Å². The fraction of sp³-hybridized carbons (Fsp3) is 0.200. The number of methoxy groups -OCH3 is 1. The van der Waals surface area contributed by atoms with E-state index in [1.807, 2.05) is 0 Å². The van der Waals surface area contributed by atoms with Crippen molar-refractivity contribution in [2.75, 3.05) is 12.4 Å². The third-order valence-corrected chi connectivity index (χ3v) is 3.45. The van der Waals surface area contributed by atoms with Crippen LogP contribution in [0.15, 0.2) is 36.4 Å². The standard InChI is InChI=1S/C15H15ClN2O3/c1-10-13(4-3-5-14(10)18(19)20)17-9-11-8-12(16)6-7-15(11)21-2/h3-8,17H,9H2,1-2H3. The van der Waals surface area contributed by atoms with Crippen LogP contribution in [0.4, 0.5) is 11.4 Å². The maximum Gasteiger partial charge on any atom is 0.274 e. The van der Waals surface area contributed by atoms with Gasteiger partial charge in [0.25, 0.3) is 5.69 Å². The summed E-state index contributed by atoms with van der Waals surface area (Å²) < 4.78 is 5.27. The van der Waals surface area contributed by atoms with Gasteiger partial charge in [0, 0.05) is 34.4 Å². The van der Waals surface area contributed by atoms with Crippen LogP contribution in [0.5, 0.6) is 5.75 Å². The zero-order chi connectivity index (χ0) is 15.4. The average molecular weight is 307 g/mol. The summed E-state index contributed by atoms with van der Waals surface area (Å²) >= 11 is 5.98. The van der Waals surface area contributed by atoms with Crippen molar-refractivity contribution in [1.82, 2.24) is 0 Å². The Kier molecular flexibility index (Phi) is 4.65. The molecule has 0 unspecified atom stereocenters. The first-order valence-corrected chi connectivity index (χ1v) is 6.71. The number of hydrogen-bond acceptors (Lipinski definition) is 4. The molecule has 0 saturated carbocycles. The fourth-order valence-electron chi connectivity index (χ4n) is 2.09. The van der Waals surface area contributed by atoms with Gasteiger partial charge in [-0.2, -0.15) is 0 Å². The molecule has 0 bridgehead atoms. The zero-order valence-electron chi connectivity index (χ0n) is 11.7. The van der Waals surface area contributed by atoms with E-state index in [0.29, 0.717) is 22.8 Å². The lowest BCUT2D eigenvalue weighted by Crippen LogP contribution is -2.04. The van der Waals surface area contributed by atoms with E-state index in [9.17, 15) is 10.1 Å². The summed E-state index contributed by atoms with van der Waals surface area (Å²) in [5, 5.41) is 14.7. The predicted octanol–water partition coefficient (Wildman–Crippen LogP) is 4.18. The molecule has 0 aliphatic rings. The molecule has 0 aromatic heterocycles. The van der Waals surface area contributed by atoms with E-state index in [4.69, 9.17) is 16.3 Å². The lowest BCUT2D eigenvalue weighted by molar-refractivity contribution is -0.385. The first-order chi connectivity index (χ1) is 10.0. The SMILES string of the molecule is COc1ccc(Cl)cc1CNc1cccc([N+](=O)[O-])c1C. The summed E-state index contributed by atoms with van der Waals surface area (Å²) in [6.45, 7) is 2.18. The van der Waals surface area contributed by atoms with Crippen LogP contribution in [0.25, 0.3) is 0 Å². The molecule has 0 saturated heterocycles. The molecule has 0 radical (unpaired) electrons. The number of nitro benzene ring substituents is 1. The van der Waals surface area contributed by atoms with E-state index in [-0.39, 0.29) is 10.6 Å². The number of ether oxygens (including phenoxy) is 1. The third-order valence-electron chi connectivity index (χ3n) is 3.21. The minimum absolute atomic E-state index is 0.0954. The first-order valence-electron chi connectivity index (χ1n) is 6.33. The van der Waals surface area contributed by atoms with E-state index in [1.54, 1.807) is 44.4 Å². The molecule has 2 aromatic rings. The summed E-state index contributed by atoms with van der Waals surface area (Å²) in [7, 11) is 1.59. The highest BCUT2D eigenvalue weighted by molar-refractivity contribution is 6.30. The van der Waals surface area contributed by atoms with Crippen LogP contribution in [0.3, 0.4) is 0 Å². The molecule has 2 aromatic carbocycles. The Labute approximate surface area is 127 Å². The minimum atomic E-state index is -0.388. The largest absolute Gasteiger partial charge is 0.496 e. The Bertz CT molecular complexity index is 674. The van der Waals surface area contributed by atoms with Crippen molar-refractivity contribution in [3.8, 4) is 5.75 Å². The lowest BCUT2D eigenvalue weighted by Gasteiger charge is -2.12. The van der Waals surface area contributed by atoms with Crippen molar-refractivity contribution < 1.29 is 9.66 Å². The molecule has 0 atom stereocenters. The van der Waals surface area contributed by atoms with Crippen molar-refractivity contribution in [1.29, 1.82) is 0 Å². The van der Waals surface area contributed by atoms with Gasteiger partial charge in [0.1, 0.15) is 5.75 Å². The number of rotatable bonds is 5. The Hall–Kier alpha value is -2.27. The van der Waals surface area contributed by atoms with E-state index < -0.39 is 0 Å². The van der Waals surface area contributed by atoms with Gasteiger partial charge >= 0.3 is 0 Å². The highest BCUT2D eigenvalue weighted by Gasteiger charge is 2.13. The van der Waals surface area contributed by atoms with E-state index in [2.05, 4.69) is 5.32 Å². The molecule has 0 heterocycles. The van der Waals surface area contributed by atoms with Crippen LogP contribution in [0.2, 0.25) is 5.02 Å². The number of nitrogens with zero attached hydrogens (tertiary/aromatic N) is 1. The Morgan fingerprint density at radius 3 is 2.76 bits per heavy atom. The van der Waals surface area contributed by atoms with Gasteiger partial charge in [-0.25, -0.2) is 0 Å². The molecule has 0 aliphatic carbocycles. The third kappa shape index (κ3) is 3.44. The molecular weight excluding hydrogens is 292 g/mol. The highest BCUT2D eigenvalue weighted by Crippen LogP contribution is 2.27. The highest BCUT2D eigenvalue weighted by atomic mass is 35.5. The second kappa shape index (κ2) is 6.45. The summed E-state index contributed by atoms with van der Waals surface area (Å²) in [5.74, 6) is 0.718. The van der Waals surface area contributed by atoms with E-state index in [1.165, 1.54) is 6.07 Å². The maximum atomic E-state index is 10.9. The number of benzene rings is 2. The van der Waals surface area contributed by atoms with Crippen LogP contribution in [-0.2, 0) is 6.54 Å². The summed E-state index contributed by atoms with van der Waals surface area (Å²) in [6, 6.07) is 10.3. The quantitative estimate of drug-likeness (QED) is 0.665. The zero-order valence-corrected chi connectivity index (χ0v) is 12.5. The summed E-state index contributed by atoms with van der Waals surface area (Å²) in [5.41, 5.74) is 2.30. The molecule has 0 amide bonds. The molecule has 21 heavy (non-hydrogen) atoms. The Balaban J connectivity index is 2.23. The van der Waals surface area contributed by atoms with Gasteiger partial charge in [0.15, 0.2) is 0 Å². The fourth-order valence-corrected chi connectivity index (χ4v) is 2.28. The normalized spacial score (nSPS) is 10.2. The monoisotopic (exact) mass is 306 g/mol. The van der Waals surface area contributed by atoms with Crippen LogP contribution >= 0.6 is 11.6 Å². The molecule has 2 rings (SSSR count). The van der Waals surface area contributed by atoms with Gasteiger partial charge in [-0.3, -0.25) is 10.1 Å². The molecular formula is C15H15ClN2O3. The lowest BCUT2D eigenvalue weighted by atomic mass is 10.1. The van der Waals surface area contributed by atoms with Crippen molar-refractivity contribution in [2.24, 2.45) is 0 Å². The number of hydrogen-bond donors (Lipinski definition) is 1. The Morgan fingerprint density at radius 2 is 2.10 bits per heavy atom. The van der Waals surface area contributed by atoms with Gasteiger partial charge in [0.05, 0.1) is 12.0 Å². The van der Waals surface area contributed by atoms with Gasteiger partial charge in [-0.1, -0.05) is 17.7 Å². The van der Waals surface area contributed by atoms with Crippen LogP contribution in [0, 0.1) is 17.0 Å². The first kappa shape index (κ1) is 15.1. The van der Waals surface area contributed by atoms with Crippen molar-refractivity contribution in [2.45, 2.75) is 13.5 Å². The molecule has 6 heteroatoms. The Morgan fingerprint density at radius 1 is 1.33 bits per heavy atom. The molecule has 0 spiro atoms. The average Bonchev–Trinajstić information content (AvgIpc) is 2.46. The number of halogens is 1. The van der Waals surface area contributed by atoms with Crippen molar-refractivity contribution in [3.63, 3.8) is 0 Å². The molecule has 5 nitrogen and oxygen atoms in total.